The van der Waals surface area contributed by atoms with Crippen LogP contribution in [0.2, 0.25) is 0 Å². The molecule has 1 aromatic heterocycles. The molecule has 3 heterocycles. The smallest absolute Gasteiger partial charge is 0.254 e. The number of rotatable bonds is 2. The van der Waals surface area contributed by atoms with Crippen LogP contribution in [0.1, 0.15) is 43.0 Å². The van der Waals surface area contributed by atoms with Crippen molar-refractivity contribution in [3.8, 4) is 0 Å². The third kappa shape index (κ3) is 3.35. The zero-order chi connectivity index (χ0) is 15.5. The molecule has 0 saturated carbocycles. The molecule has 5 heteroatoms. The van der Waals surface area contributed by atoms with E-state index in [2.05, 4.69) is 6.92 Å². The summed E-state index contributed by atoms with van der Waals surface area (Å²) in [6.07, 6.45) is 3.87. The quantitative estimate of drug-likeness (QED) is 0.841. The minimum absolute atomic E-state index is 0.110. The van der Waals surface area contributed by atoms with E-state index in [1.807, 2.05) is 26.6 Å². The van der Waals surface area contributed by atoms with Gasteiger partial charge in [0, 0.05) is 37.5 Å². The van der Waals surface area contributed by atoms with Crippen molar-refractivity contribution in [1.82, 2.24) is 9.80 Å². The Bertz CT molecular complexity index is 513. The molecule has 22 heavy (non-hydrogen) atoms. The van der Waals surface area contributed by atoms with E-state index in [0.717, 1.165) is 50.3 Å². The van der Waals surface area contributed by atoms with E-state index in [0.29, 0.717) is 19.0 Å². The van der Waals surface area contributed by atoms with E-state index < -0.39 is 0 Å². The Balaban J connectivity index is 1.51. The van der Waals surface area contributed by atoms with E-state index in [1.54, 1.807) is 11.3 Å². The molecule has 0 spiro atoms. The molecule has 1 aromatic rings. The number of carbonyl (C=O) groups excluding carboxylic acids is 2. The van der Waals surface area contributed by atoms with Crippen LogP contribution in [0.25, 0.3) is 0 Å². The second kappa shape index (κ2) is 6.82. The summed E-state index contributed by atoms with van der Waals surface area (Å²) in [6, 6.07) is 1.87. The van der Waals surface area contributed by atoms with Gasteiger partial charge in [-0.05, 0) is 43.0 Å². The molecule has 2 aliphatic rings. The molecule has 2 aliphatic heterocycles. The molecule has 0 N–H and O–H groups in total. The molecule has 2 saturated heterocycles. The van der Waals surface area contributed by atoms with Crippen molar-refractivity contribution in [2.24, 2.45) is 11.8 Å². The van der Waals surface area contributed by atoms with Crippen molar-refractivity contribution < 1.29 is 9.59 Å². The van der Waals surface area contributed by atoms with Gasteiger partial charge in [-0.1, -0.05) is 6.92 Å². The van der Waals surface area contributed by atoms with Gasteiger partial charge in [0.05, 0.1) is 5.56 Å². The molecule has 2 fully saturated rings. The van der Waals surface area contributed by atoms with Crippen LogP contribution in [0.5, 0.6) is 0 Å². The first-order valence-electron chi connectivity index (χ1n) is 8.25. The summed E-state index contributed by atoms with van der Waals surface area (Å²) in [5.41, 5.74) is 0.778. The topological polar surface area (TPSA) is 40.6 Å². The SMILES string of the molecule is CC1CCN(C(=O)C2CCN(C(=O)c3ccsc3)CC2)CC1. The van der Waals surface area contributed by atoms with E-state index in [9.17, 15) is 9.59 Å². The molecule has 0 aromatic carbocycles. The van der Waals surface area contributed by atoms with Gasteiger partial charge in [-0.25, -0.2) is 0 Å². The van der Waals surface area contributed by atoms with Crippen LogP contribution in [0.3, 0.4) is 0 Å². The van der Waals surface area contributed by atoms with Crippen LogP contribution >= 0.6 is 11.3 Å². The van der Waals surface area contributed by atoms with Crippen molar-refractivity contribution in [2.45, 2.75) is 32.6 Å². The predicted octanol–water partition coefficient (Wildman–Crippen LogP) is 2.86. The zero-order valence-electron chi connectivity index (χ0n) is 13.2. The van der Waals surface area contributed by atoms with Crippen LogP contribution in [-0.2, 0) is 4.79 Å². The summed E-state index contributed by atoms with van der Waals surface area (Å²) < 4.78 is 0. The Morgan fingerprint density at radius 2 is 1.68 bits per heavy atom. The normalized spacial score (nSPS) is 21.1. The second-order valence-electron chi connectivity index (χ2n) is 6.59. The standard InChI is InChI=1S/C17H24N2O2S/c1-13-2-7-18(8-3-13)16(20)14-4-9-19(10-5-14)17(21)15-6-11-22-12-15/h6,11-14H,2-5,7-10H2,1H3. The summed E-state index contributed by atoms with van der Waals surface area (Å²) in [4.78, 5) is 28.8. The van der Waals surface area contributed by atoms with Gasteiger partial charge >= 0.3 is 0 Å². The molecule has 0 unspecified atom stereocenters. The Labute approximate surface area is 136 Å². The minimum atomic E-state index is 0.110. The first kappa shape index (κ1) is 15.5. The van der Waals surface area contributed by atoms with Crippen LogP contribution in [0, 0.1) is 11.8 Å². The molecule has 3 rings (SSSR count). The number of hydrogen-bond donors (Lipinski definition) is 0. The maximum atomic E-state index is 12.6. The maximum absolute atomic E-state index is 12.6. The first-order chi connectivity index (χ1) is 10.6. The predicted molar refractivity (Wildman–Crippen MR) is 87.9 cm³/mol. The Morgan fingerprint density at radius 3 is 2.27 bits per heavy atom. The molecule has 0 atom stereocenters. The summed E-state index contributed by atoms with van der Waals surface area (Å²) in [6.45, 7) is 5.49. The molecule has 120 valence electrons. The average molecular weight is 320 g/mol. The van der Waals surface area contributed by atoms with Crippen LogP contribution in [-0.4, -0.2) is 47.8 Å². The molecule has 0 bridgehead atoms. The van der Waals surface area contributed by atoms with Gasteiger partial charge in [0.15, 0.2) is 0 Å². The summed E-state index contributed by atoms with van der Waals surface area (Å²) in [5.74, 6) is 1.28. The van der Waals surface area contributed by atoms with Crippen LogP contribution < -0.4 is 0 Å². The van der Waals surface area contributed by atoms with Gasteiger partial charge in [0.25, 0.3) is 5.91 Å². The lowest BCUT2D eigenvalue weighted by atomic mass is 9.92. The molecular weight excluding hydrogens is 296 g/mol. The van der Waals surface area contributed by atoms with Gasteiger partial charge in [0.2, 0.25) is 5.91 Å². The number of nitrogens with zero attached hydrogens (tertiary/aromatic N) is 2. The Morgan fingerprint density at radius 1 is 1.05 bits per heavy atom. The van der Waals surface area contributed by atoms with Crippen molar-refractivity contribution in [3.63, 3.8) is 0 Å². The van der Waals surface area contributed by atoms with Gasteiger partial charge in [-0.2, -0.15) is 11.3 Å². The van der Waals surface area contributed by atoms with Crippen molar-refractivity contribution >= 4 is 23.2 Å². The highest BCUT2D eigenvalue weighted by molar-refractivity contribution is 7.08. The number of amides is 2. The average Bonchev–Trinajstić information content (AvgIpc) is 3.09. The number of piperidine rings is 2. The number of likely N-dealkylation sites (tertiary alicyclic amines) is 2. The summed E-state index contributed by atoms with van der Waals surface area (Å²) >= 11 is 1.55. The van der Waals surface area contributed by atoms with Crippen molar-refractivity contribution in [2.75, 3.05) is 26.2 Å². The lowest BCUT2D eigenvalue weighted by Crippen LogP contribution is -2.46. The van der Waals surface area contributed by atoms with Crippen LogP contribution in [0.4, 0.5) is 0 Å². The van der Waals surface area contributed by atoms with Crippen LogP contribution in [0.15, 0.2) is 16.8 Å². The lowest BCUT2D eigenvalue weighted by molar-refractivity contribution is -0.138. The highest BCUT2D eigenvalue weighted by atomic mass is 32.1. The van der Waals surface area contributed by atoms with Gasteiger partial charge in [-0.3, -0.25) is 9.59 Å². The zero-order valence-corrected chi connectivity index (χ0v) is 14.0. The summed E-state index contributed by atoms with van der Waals surface area (Å²) in [5, 5.41) is 3.83. The van der Waals surface area contributed by atoms with E-state index in [-0.39, 0.29) is 11.8 Å². The van der Waals surface area contributed by atoms with Crippen molar-refractivity contribution in [3.05, 3.63) is 22.4 Å². The summed E-state index contributed by atoms with van der Waals surface area (Å²) in [7, 11) is 0. The fraction of sp³-hybridized carbons (Fsp3) is 0.647. The highest BCUT2D eigenvalue weighted by Gasteiger charge is 2.31. The van der Waals surface area contributed by atoms with E-state index >= 15 is 0 Å². The minimum Gasteiger partial charge on any atom is -0.342 e. The monoisotopic (exact) mass is 320 g/mol. The van der Waals surface area contributed by atoms with E-state index in [1.165, 1.54) is 0 Å². The Kier molecular flexibility index (Phi) is 4.81. The van der Waals surface area contributed by atoms with E-state index in [4.69, 9.17) is 0 Å². The number of hydrogen-bond acceptors (Lipinski definition) is 3. The first-order valence-corrected chi connectivity index (χ1v) is 9.19. The van der Waals surface area contributed by atoms with Gasteiger partial charge in [0.1, 0.15) is 0 Å². The largest absolute Gasteiger partial charge is 0.342 e. The van der Waals surface area contributed by atoms with Gasteiger partial charge in [-0.15, -0.1) is 0 Å². The fourth-order valence-corrected chi connectivity index (χ4v) is 4.02. The molecule has 2 amide bonds. The lowest BCUT2D eigenvalue weighted by Gasteiger charge is -2.36. The molecule has 4 nitrogen and oxygen atoms in total. The fourth-order valence-electron chi connectivity index (χ4n) is 3.39. The second-order valence-corrected chi connectivity index (χ2v) is 7.37. The number of thiophene rings is 1. The molecule has 0 aliphatic carbocycles. The number of carbonyl (C=O) groups is 2. The molecular formula is C17H24N2O2S. The maximum Gasteiger partial charge on any atom is 0.254 e. The molecule has 0 radical (unpaired) electrons. The third-order valence-electron chi connectivity index (χ3n) is 4.99. The van der Waals surface area contributed by atoms with Crippen molar-refractivity contribution in [1.29, 1.82) is 0 Å². The third-order valence-corrected chi connectivity index (χ3v) is 5.68. The highest BCUT2D eigenvalue weighted by Crippen LogP contribution is 2.24. The van der Waals surface area contributed by atoms with Gasteiger partial charge < -0.3 is 9.80 Å². The Hall–Kier alpha value is -1.36.